The summed E-state index contributed by atoms with van der Waals surface area (Å²) in [6.07, 6.45) is 6.95. The Morgan fingerprint density at radius 3 is 2.60 bits per heavy atom. The summed E-state index contributed by atoms with van der Waals surface area (Å²) in [6.45, 7) is 2.13. The lowest BCUT2D eigenvalue weighted by Gasteiger charge is -2.05. The summed E-state index contributed by atoms with van der Waals surface area (Å²) < 4.78 is 1.42. The van der Waals surface area contributed by atoms with Crippen LogP contribution in [0.4, 0.5) is 0 Å². The van der Waals surface area contributed by atoms with Crippen LogP contribution in [-0.4, -0.2) is 0 Å². The van der Waals surface area contributed by atoms with Crippen molar-refractivity contribution in [3.05, 3.63) is 64.5 Å². The average Bonchev–Trinajstić information content (AvgIpc) is 2.85. The van der Waals surface area contributed by atoms with Gasteiger partial charge >= 0.3 is 0 Å². The van der Waals surface area contributed by atoms with E-state index in [1.807, 2.05) is 11.3 Å². The van der Waals surface area contributed by atoms with Crippen LogP contribution in [-0.2, 0) is 6.42 Å². The van der Waals surface area contributed by atoms with E-state index in [9.17, 15) is 0 Å². The van der Waals surface area contributed by atoms with Crippen LogP contribution in [0.25, 0.3) is 27.3 Å². The molecule has 0 nitrogen and oxygen atoms in total. The lowest BCUT2D eigenvalue weighted by Crippen LogP contribution is -1.88. The number of hydrogen-bond acceptors (Lipinski definition) is 1. The van der Waals surface area contributed by atoms with Crippen LogP contribution >= 0.6 is 11.3 Å². The fraction of sp³-hybridized carbons (Fsp3) is 0.158. The van der Waals surface area contributed by atoms with Crippen LogP contribution in [0.1, 0.15) is 22.4 Å². The molecule has 0 N–H and O–H groups in total. The Bertz CT molecular complexity index is 804. The average molecular weight is 276 g/mol. The molecular formula is C19H16S. The molecule has 4 rings (SSSR count). The first-order chi connectivity index (χ1) is 9.81. The molecule has 0 radical (unpaired) electrons. The van der Waals surface area contributed by atoms with Gasteiger partial charge in [0.25, 0.3) is 0 Å². The molecule has 0 spiro atoms. The van der Waals surface area contributed by atoms with Crippen molar-refractivity contribution < 1.29 is 0 Å². The van der Waals surface area contributed by atoms with Gasteiger partial charge in [-0.1, -0.05) is 48.0 Å². The first kappa shape index (κ1) is 11.9. The van der Waals surface area contributed by atoms with Gasteiger partial charge in [-0.3, -0.25) is 0 Å². The highest BCUT2D eigenvalue weighted by Gasteiger charge is 2.13. The lowest BCUT2D eigenvalue weighted by atomic mass is 9.98. The minimum Gasteiger partial charge on any atom is -0.136 e. The molecule has 1 heteroatoms. The Balaban J connectivity index is 1.87. The van der Waals surface area contributed by atoms with Crippen molar-refractivity contribution in [2.45, 2.75) is 19.8 Å². The molecule has 1 aliphatic carbocycles. The third-order valence-electron chi connectivity index (χ3n) is 4.04. The molecule has 0 fully saturated rings. The topological polar surface area (TPSA) is 0 Å². The van der Waals surface area contributed by atoms with Gasteiger partial charge in [0.05, 0.1) is 0 Å². The van der Waals surface area contributed by atoms with Crippen molar-refractivity contribution in [2.75, 3.05) is 0 Å². The molecule has 0 saturated heterocycles. The van der Waals surface area contributed by atoms with Crippen molar-refractivity contribution >= 4 is 27.5 Å². The standard InChI is InChI=1S/C19H16S/c1-13-6-8-14(9-7-13)15-10-11-17-16-4-2-3-5-18(16)20-19(17)12-15/h3,5-12H,2,4H2,1H3. The molecular weight excluding hydrogens is 260 g/mol. The molecule has 3 aromatic rings. The molecule has 0 atom stereocenters. The molecule has 1 heterocycles. The number of hydrogen-bond donors (Lipinski definition) is 0. The summed E-state index contributed by atoms with van der Waals surface area (Å²) in [7, 11) is 0. The van der Waals surface area contributed by atoms with E-state index in [4.69, 9.17) is 0 Å². The van der Waals surface area contributed by atoms with Gasteiger partial charge in [0.2, 0.25) is 0 Å². The third kappa shape index (κ3) is 1.90. The summed E-state index contributed by atoms with van der Waals surface area (Å²) in [4.78, 5) is 1.45. The molecule has 1 aromatic heterocycles. The molecule has 0 saturated carbocycles. The van der Waals surface area contributed by atoms with Gasteiger partial charge < -0.3 is 0 Å². The highest BCUT2D eigenvalue weighted by atomic mass is 32.1. The minimum atomic E-state index is 1.18. The van der Waals surface area contributed by atoms with Crippen LogP contribution in [0, 0.1) is 6.92 Å². The number of fused-ring (bicyclic) bond motifs is 3. The maximum absolute atomic E-state index is 2.34. The van der Waals surface area contributed by atoms with E-state index in [0.717, 1.165) is 0 Å². The maximum Gasteiger partial charge on any atom is 0.0358 e. The van der Waals surface area contributed by atoms with Gasteiger partial charge in [0.1, 0.15) is 0 Å². The van der Waals surface area contributed by atoms with Crippen LogP contribution in [0.3, 0.4) is 0 Å². The SMILES string of the molecule is Cc1ccc(-c2ccc3c4c(sc3c2)C=CCC4)cc1. The molecule has 0 aliphatic heterocycles. The highest BCUT2D eigenvalue weighted by molar-refractivity contribution is 7.20. The van der Waals surface area contributed by atoms with Gasteiger partial charge in [-0.2, -0.15) is 0 Å². The maximum atomic E-state index is 2.34. The zero-order valence-corrected chi connectivity index (χ0v) is 12.3. The molecule has 98 valence electrons. The second-order valence-corrected chi connectivity index (χ2v) is 6.55. The Kier molecular flexibility index (Phi) is 2.75. The fourth-order valence-corrected chi connectivity index (χ4v) is 4.13. The van der Waals surface area contributed by atoms with Crippen molar-refractivity contribution in [2.24, 2.45) is 0 Å². The molecule has 0 bridgehead atoms. The largest absolute Gasteiger partial charge is 0.136 e. The number of thiophene rings is 1. The van der Waals surface area contributed by atoms with E-state index in [-0.39, 0.29) is 0 Å². The lowest BCUT2D eigenvalue weighted by molar-refractivity contribution is 1.01. The summed E-state index contributed by atoms with van der Waals surface area (Å²) >= 11 is 1.92. The van der Waals surface area contributed by atoms with E-state index >= 15 is 0 Å². The van der Waals surface area contributed by atoms with Crippen molar-refractivity contribution in [3.8, 4) is 11.1 Å². The smallest absolute Gasteiger partial charge is 0.0358 e. The minimum absolute atomic E-state index is 1.18. The number of allylic oxidation sites excluding steroid dienone is 1. The first-order valence-corrected chi connectivity index (χ1v) is 7.92. The summed E-state index contributed by atoms with van der Waals surface area (Å²) in [5, 5.41) is 1.45. The Hall–Kier alpha value is -1.86. The Morgan fingerprint density at radius 2 is 1.75 bits per heavy atom. The van der Waals surface area contributed by atoms with Crippen LogP contribution < -0.4 is 0 Å². The number of rotatable bonds is 1. The summed E-state index contributed by atoms with van der Waals surface area (Å²) in [5.41, 5.74) is 5.48. The summed E-state index contributed by atoms with van der Waals surface area (Å²) in [5.74, 6) is 0. The van der Waals surface area contributed by atoms with Crippen molar-refractivity contribution in [1.82, 2.24) is 0 Å². The van der Waals surface area contributed by atoms with Crippen LogP contribution in [0.15, 0.2) is 48.5 Å². The van der Waals surface area contributed by atoms with E-state index < -0.39 is 0 Å². The number of aryl methyl sites for hydroxylation is 2. The predicted octanol–water partition coefficient (Wildman–Crippen LogP) is 5.84. The monoisotopic (exact) mass is 276 g/mol. The molecule has 0 unspecified atom stereocenters. The summed E-state index contributed by atoms with van der Waals surface area (Å²) in [6, 6.07) is 15.7. The van der Waals surface area contributed by atoms with Gasteiger partial charge in [-0.05, 0) is 54.0 Å². The molecule has 2 aromatic carbocycles. The van der Waals surface area contributed by atoms with Crippen molar-refractivity contribution in [3.63, 3.8) is 0 Å². The fourth-order valence-electron chi connectivity index (χ4n) is 2.90. The zero-order valence-electron chi connectivity index (χ0n) is 11.5. The zero-order chi connectivity index (χ0) is 13.5. The van der Waals surface area contributed by atoms with E-state index in [0.29, 0.717) is 0 Å². The van der Waals surface area contributed by atoms with Gasteiger partial charge in [0.15, 0.2) is 0 Å². The quantitative estimate of drug-likeness (QED) is 0.524. The van der Waals surface area contributed by atoms with Gasteiger partial charge in [-0.15, -0.1) is 11.3 Å². The third-order valence-corrected chi connectivity index (χ3v) is 5.20. The van der Waals surface area contributed by atoms with Gasteiger partial charge in [-0.25, -0.2) is 0 Å². The highest BCUT2D eigenvalue weighted by Crippen LogP contribution is 2.37. The van der Waals surface area contributed by atoms with E-state index in [1.165, 1.54) is 44.5 Å². The second kappa shape index (κ2) is 4.60. The Morgan fingerprint density at radius 1 is 0.950 bits per heavy atom. The van der Waals surface area contributed by atoms with Gasteiger partial charge in [0, 0.05) is 9.58 Å². The molecule has 1 aliphatic rings. The second-order valence-electron chi connectivity index (χ2n) is 5.46. The molecule has 20 heavy (non-hydrogen) atoms. The normalized spacial score (nSPS) is 13.7. The van der Waals surface area contributed by atoms with Crippen LogP contribution in [0.2, 0.25) is 0 Å². The van der Waals surface area contributed by atoms with E-state index in [2.05, 4.69) is 61.5 Å². The van der Waals surface area contributed by atoms with Crippen molar-refractivity contribution in [1.29, 1.82) is 0 Å². The molecule has 0 amide bonds. The number of benzene rings is 2. The Labute approximate surface area is 123 Å². The predicted molar refractivity (Wildman–Crippen MR) is 89.4 cm³/mol. The first-order valence-electron chi connectivity index (χ1n) is 7.10. The van der Waals surface area contributed by atoms with Crippen LogP contribution in [0.5, 0.6) is 0 Å². The van der Waals surface area contributed by atoms with E-state index in [1.54, 1.807) is 5.56 Å².